The lowest BCUT2D eigenvalue weighted by molar-refractivity contribution is -0.140. The van der Waals surface area contributed by atoms with Crippen molar-refractivity contribution in [1.29, 1.82) is 0 Å². The van der Waals surface area contributed by atoms with E-state index in [0.717, 1.165) is 29.8 Å². The Bertz CT molecular complexity index is 551. The molecule has 0 radical (unpaired) electrons. The van der Waals surface area contributed by atoms with Gasteiger partial charge >= 0.3 is 6.18 Å². The van der Waals surface area contributed by atoms with Crippen LogP contribution in [0.2, 0.25) is 0 Å². The van der Waals surface area contributed by atoms with Crippen LogP contribution in [-0.2, 0) is 12.6 Å². The number of thiazole rings is 1. The highest BCUT2D eigenvalue weighted by Crippen LogP contribution is 2.37. The second kappa shape index (κ2) is 8.42. The molecule has 136 valence electrons. The third-order valence-corrected chi connectivity index (χ3v) is 6.12. The summed E-state index contributed by atoms with van der Waals surface area (Å²) in [5, 5.41) is 7.88. The van der Waals surface area contributed by atoms with Gasteiger partial charge in [0, 0.05) is 29.6 Å². The van der Waals surface area contributed by atoms with E-state index in [1.54, 1.807) is 0 Å². The van der Waals surface area contributed by atoms with Gasteiger partial charge in [0.1, 0.15) is 0 Å². The molecule has 1 saturated heterocycles. The first-order valence-electron chi connectivity index (χ1n) is 8.00. The molecule has 0 aliphatic carbocycles. The van der Waals surface area contributed by atoms with E-state index in [2.05, 4.69) is 27.5 Å². The first-order valence-corrected chi connectivity index (χ1v) is 9.87. The van der Waals surface area contributed by atoms with E-state index in [1.165, 1.54) is 18.6 Å². The molecule has 1 aliphatic heterocycles. The van der Waals surface area contributed by atoms with Crippen LogP contribution in [0.1, 0.15) is 37.4 Å². The van der Waals surface area contributed by atoms with Crippen LogP contribution in [0.15, 0.2) is 10.4 Å². The van der Waals surface area contributed by atoms with Crippen molar-refractivity contribution in [1.82, 2.24) is 15.6 Å². The lowest BCUT2D eigenvalue weighted by atomic mass is 10.1. The van der Waals surface area contributed by atoms with E-state index in [1.807, 2.05) is 18.7 Å². The molecule has 2 N–H and O–H groups in total. The van der Waals surface area contributed by atoms with Crippen LogP contribution in [0.3, 0.4) is 0 Å². The van der Waals surface area contributed by atoms with Gasteiger partial charge in [-0.05, 0) is 32.4 Å². The summed E-state index contributed by atoms with van der Waals surface area (Å²) < 4.78 is 37.8. The number of thioether (sulfide) groups is 1. The highest BCUT2D eigenvalue weighted by atomic mass is 32.2. The first-order chi connectivity index (χ1) is 11.3. The minimum absolute atomic E-state index is 0.194. The van der Waals surface area contributed by atoms with Gasteiger partial charge in [0.25, 0.3) is 0 Å². The molecular formula is C15H23F3N4S2. The summed E-state index contributed by atoms with van der Waals surface area (Å²) in [5.74, 6) is 1.89. The van der Waals surface area contributed by atoms with E-state index in [4.69, 9.17) is 0 Å². The van der Waals surface area contributed by atoms with Crippen molar-refractivity contribution in [2.45, 2.75) is 44.0 Å². The number of halogens is 3. The highest BCUT2D eigenvalue weighted by Gasteiger charge is 2.33. The fraction of sp³-hybridized carbons (Fsp3) is 0.733. The Kier molecular flexibility index (Phi) is 6.79. The Morgan fingerprint density at radius 1 is 1.42 bits per heavy atom. The minimum Gasteiger partial charge on any atom is -0.357 e. The molecule has 0 aromatic carbocycles. The number of hydrogen-bond donors (Lipinski definition) is 2. The standard InChI is InChI=1S/C15H23F3N4S2/c1-3-19-13(21-10-14(2)6-4-8-24-14)20-7-5-12-22-11(9-23-12)15(16,17)18/h9H,3-8,10H2,1-2H3,(H2,19,20,21). The summed E-state index contributed by atoms with van der Waals surface area (Å²) in [6.45, 7) is 6.19. The van der Waals surface area contributed by atoms with Crippen LogP contribution in [0, 0.1) is 0 Å². The van der Waals surface area contributed by atoms with Crippen LogP contribution in [0.25, 0.3) is 0 Å². The maximum Gasteiger partial charge on any atom is 0.434 e. The monoisotopic (exact) mass is 380 g/mol. The summed E-state index contributed by atoms with van der Waals surface area (Å²) in [5.41, 5.74) is -0.811. The summed E-state index contributed by atoms with van der Waals surface area (Å²) in [6.07, 6.45) is -1.53. The Balaban J connectivity index is 1.83. The Morgan fingerprint density at radius 3 is 2.79 bits per heavy atom. The van der Waals surface area contributed by atoms with Crippen LogP contribution in [0.4, 0.5) is 13.2 Å². The minimum atomic E-state index is -4.37. The zero-order valence-electron chi connectivity index (χ0n) is 13.9. The van der Waals surface area contributed by atoms with Crippen molar-refractivity contribution in [3.63, 3.8) is 0 Å². The zero-order chi connectivity index (χ0) is 17.6. The van der Waals surface area contributed by atoms with Gasteiger partial charge in [-0.25, -0.2) is 4.98 Å². The van der Waals surface area contributed by atoms with Crippen molar-refractivity contribution < 1.29 is 13.2 Å². The molecule has 0 amide bonds. The Hall–Kier alpha value is -0.960. The summed E-state index contributed by atoms with van der Waals surface area (Å²) in [4.78, 5) is 8.25. The molecule has 1 aliphatic rings. The number of hydrogen-bond acceptors (Lipinski definition) is 4. The average Bonchev–Trinajstić information content (AvgIpc) is 3.14. The van der Waals surface area contributed by atoms with Crippen molar-refractivity contribution in [2.24, 2.45) is 4.99 Å². The van der Waals surface area contributed by atoms with E-state index >= 15 is 0 Å². The lowest BCUT2D eigenvalue weighted by Gasteiger charge is -2.21. The molecule has 4 nitrogen and oxygen atoms in total. The summed E-state index contributed by atoms with van der Waals surface area (Å²) >= 11 is 2.99. The van der Waals surface area contributed by atoms with E-state index < -0.39 is 11.9 Å². The number of guanidine groups is 1. The van der Waals surface area contributed by atoms with Crippen LogP contribution in [-0.4, -0.2) is 41.1 Å². The number of rotatable bonds is 6. The molecule has 2 rings (SSSR count). The van der Waals surface area contributed by atoms with Gasteiger partial charge < -0.3 is 10.6 Å². The summed E-state index contributed by atoms with van der Waals surface area (Å²) in [7, 11) is 0. The maximum atomic E-state index is 12.5. The number of aromatic nitrogens is 1. The van der Waals surface area contributed by atoms with Crippen molar-refractivity contribution in [2.75, 3.05) is 25.4 Å². The quantitative estimate of drug-likeness (QED) is 0.585. The predicted octanol–water partition coefficient (Wildman–Crippen LogP) is 3.55. The van der Waals surface area contributed by atoms with Crippen LogP contribution in [0.5, 0.6) is 0 Å². The third kappa shape index (κ3) is 5.84. The van der Waals surface area contributed by atoms with Gasteiger partial charge in [-0.15, -0.1) is 11.3 Å². The SMILES string of the molecule is CCNC(=NCC1(C)CCCS1)NCCc1nc(C(F)(F)F)cs1. The molecule has 1 fully saturated rings. The maximum absolute atomic E-state index is 12.5. The van der Waals surface area contributed by atoms with E-state index in [9.17, 15) is 13.2 Å². The van der Waals surface area contributed by atoms with Crippen molar-refractivity contribution in [3.05, 3.63) is 16.1 Å². The molecule has 9 heteroatoms. The molecule has 2 heterocycles. The van der Waals surface area contributed by atoms with E-state index in [-0.39, 0.29) is 4.75 Å². The third-order valence-electron chi connectivity index (χ3n) is 3.69. The number of nitrogens with zero attached hydrogens (tertiary/aromatic N) is 2. The summed E-state index contributed by atoms with van der Waals surface area (Å²) in [6, 6.07) is 0. The smallest absolute Gasteiger partial charge is 0.357 e. The highest BCUT2D eigenvalue weighted by molar-refractivity contribution is 8.00. The molecule has 1 unspecified atom stereocenters. The molecule has 0 saturated carbocycles. The normalized spacial score (nSPS) is 22.0. The van der Waals surface area contributed by atoms with Gasteiger partial charge in [-0.3, -0.25) is 4.99 Å². The lowest BCUT2D eigenvalue weighted by Crippen LogP contribution is -2.39. The van der Waals surface area contributed by atoms with Gasteiger partial charge in [-0.1, -0.05) is 0 Å². The fourth-order valence-corrected chi connectivity index (χ4v) is 4.42. The Labute approximate surface area is 148 Å². The van der Waals surface area contributed by atoms with Gasteiger partial charge in [0.15, 0.2) is 11.7 Å². The Morgan fingerprint density at radius 2 is 2.21 bits per heavy atom. The topological polar surface area (TPSA) is 49.3 Å². The second-order valence-electron chi connectivity index (χ2n) is 5.90. The molecule has 1 aromatic heterocycles. The molecule has 24 heavy (non-hydrogen) atoms. The average molecular weight is 381 g/mol. The van der Waals surface area contributed by atoms with Gasteiger partial charge in [-0.2, -0.15) is 24.9 Å². The molecular weight excluding hydrogens is 357 g/mol. The van der Waals surface area contributed by atoms with Gasteiger partial charge in [0.2, 0.25) is 0 Å². The number of nitrogens with one attached hydrogen (secondary N) is 2. The van der Waals surface area contributed by atoms with Crippen molar-refractivity contribution in [3.8, 4) is 0 Å². The number of alkyl halides is 3. The molecule has 0 spiro atoms. The number of aliphatic imine (C=N–C) groups is 1. The molecule has 0 bridgehead atoms. The van der Waals surface area contributed by atoms with Crippen LogP contribution >= 0.6 is 23.1 Å². The molecule has 1 aromatic rings. The van der Waals surface area contributed by atoms with Gasteiger partial charge in [0.05, 0.1) is 11.6 Å². The van der Waals surface area contributed by atoms with Crippen molar-refractivity contribution >= 4 is 29.1 Å². The fourth-order valence-electron chi connectivity index (χ4n) is 2.39. The zero-order valence-corrected chi connectivity index (χ0v) is 15.5. The van der Waals surface area contributed by atoms with E-state index in [0.29, 0.717) is 23.9 Å². The molecule has 1 atom stereocenters. The van der Waals surface area contributed by atoms with Crippen LogP contribution < -0.4 is 10.6 Å². The largest absolute Gasteiger partial charge is 0.434 e. The first kappa shape index (κ1) is 19.4. The second-order valence-corrected chi connectivity index (χ2v) is 8.52. The predicted molar refractivity (Wildman–Crippen MR) is 94.9 cm³/mol.